The van der Waals surface area contributed by atoms with E-state index in [2.05, 4.69) is 91.3 Å². The molecule has 0 saturated carbocycles. The third-order valence-corrected chi connectivity index (χ3v) is 5.26. The van der Waals surface area contributed by atoms with E-state index < -0.39 is 0 Å². The van der Waals surface area contributed by atoms with Crippen molar-refractivity contribution in [3.05, 3.63) is 77.4 Å². The van der Waals surface area contributed by atoms with Crippen LogP contribution in [0.3, 0.4) is 0 Å². The largest absolute Gasteiger partial charge is 0.334 e. The molecule has 0 radical (unpaired) electrons. The van der Waals surface area contributed by atoms with Gasteiger partial charge in [0.15, 0.2) is 5.69 Å². The Morgan fingerprint density at radius 3 is 2.42 bits per heavy atom. The van der Waals surface area contributed by atoms with Crippen LogP contribution in [0.2, 0.25) is 0 Å². The Balaban J connectivity index is 2.12. The number of fused-ring (bicyclic) bond motifs is 1. The van der Waals surface area contributed by atoms with Crippen LogP contribution < -0.4 is 4.57 Å². The van der Waals surface area contributed by atoms with Crippen LogP contribution >= 0.6 is 0 Å². The fourth-order valence-electron chi connectivity index (χ4n) is 4.12. The van der Waals surface area contributed by atoms with Crippen molar-refractivity contribution in [2.75, 3.05) is 0 Å². The summed E-state index contributed by atoms with van der Waals surface area (Å²) in [5, 5.41) is 1.25. The molecule has 0 saturated heterocycles. The first-order valence-electron chi connectivity index (χ1n) is 8.97. The van der Waals surface area contributed by atoms with Crippen molar-refractivity contribution in [2.45, 2.75) is 27.7 Å². The third-order valence-electron chi connectivity index (χ3n) is 5.26. The number of aryl methyl sites for hydroxylation is 4. The van der Waals surface area contributed by atoms with Gasteiger partial charge in [-0.05, 0) is 44.5 Å². The normalized spacial score (nSPS) is 11.3. The van der Waals surface area contributed by atoms with E-state index in [9.17, 15) is 0 Å². The number of pyridine rings is 1. The van der Waals surface area contributed by atoms with Crippen LogP contribution in [-0.2, 0) is 7.05 Å². The molecule has 0 amide bonds. The van der Waals surface area contributed by atoms with E-state index in [0.717, 1.165) is 5.69 Å². The Morgan fingerprint density at radius 1 is 0.923 bits per heavy atom. The van der Waals surface area contributed by atoms with Gasteiger partial charge >= 0.3 is 0 Å². The van der Waals surface area contributed by atoms with Crippen molar-refractivity contribution in [2.24, 2.45) is 7.05 Å². The van der Waals surface area contributed by atoms with Gasteiger partial charge in [-0.25, -0.2) is 4.98 Å². The number of nitrogens with zero attached hydrogens (tertiary/aromatic N) is 3. The van der Waals surface area contributed by atoms with E-state index in [1.165, 1.54) is 44.5 Å². The number of hydrogen-bond donors (Lipinski definition) is 0. The van der Waals surface area contributed by atoms with Gasteiger partial charge in [-0.1, -0.05) is 12.1 Å². The summed E-state index contributed by atoms with van der Waals surface area (Å²) in [7, 11) is 2.05. The predicted octanol–water partition coefficient (Wildman–Crippen LogP) is 4.75. The van der Waals surface area contributed by atoms with Crippen molar-refractivity contribution >= 4 is 10.9 Å². The first-order valence-corrected chi connectivity index (χ1v) is 8.97. The fourth-order valence-corrected chi connectivity index (χ4v) is 4.12. The number of aromatic nitrogens is 3. The van der Waals surface area contributed by atoms with Crippen molar-refractivity contribution < 1.29 is 4.57 Å². The van der Waals surface area contributed by atoms with Gasteiger partial charge in [0.05, 0.1) is 18.2 Å². The van der Waals surface area contributed by atoms with Gasteiger partial charge in [-0.2, -0.15) is 4.57 Å². The summed E-state index contributed by atoms with van der Waals surface area (Å²) in [4.78, 5) is 4.33. The fraction of sp³-hybridized carbons (Fsp3) is 0.217. The Morgan fingerprint density at radius 2 is 1.69 bits per heavy atom. The van der Waals surface area contributed by atoms with E-state index in [0.29, 0.717) is 0 Å². The highest BCUT2D eigenvalue weighted by Crippen LogP contribution is 2.32. The second kappa shape index (κ2) is 6.10. The predicted molar refractivity (Wildman–Crippen MR) is 107 cm³/mol. The Bertz CT molecular complexity index is 1140. The molecule has 2 aromatic carbocycles. The van der Waals surface area contributed by atoms with Crippen molar-refractivity contribution in [1.29, 1.82) is 0 Å². The van der Waals surface area contributed by atoms with Gasteiger partial charge in [-0.3, -0.25) is 0 Å². The highest BCUT2D eigenvalue weighted by atomic mass is 15.0. The monoisotopic (exact) mass is 342 g/mol. The molecule has 4 aromatic rings. The lowest BCUT2D eigenvalue weighted by molar-refractivity contribution is -0.575. The molecule has 0 fully saturated rings. The Hall–Kier alpha value is -2.94. The summed E-state index contributed by atoms with van der Waals surface area (Å²) in [6.07, 6.45) is 3.82. The van der Waals surface area contributed by atoms with E-state index in [1.807, 2.05) is 12.5 Å². The molecule has 2 aromatic heterocycles. The molecule has 0 unspecified atom stereocenters. The standard InChI is InChI=1S/C23H24N3/c1-15-12-16(2)23(18(4)22(15)21-13-24-14-25(21)5)26-17(3)10-11-19-8-6-7-9-20(19)26/h6-14H,1-5H3/q+1. The average Bonchev–Trinajstić information content (AvgIpc) is 3.02. The molecule has 0 N–H and O–H groups in total. The highest BCUT2D eigenvalue weighted by molar-refractivity contribution is 5.77. The molecule has 0 bridgehead atoms. The highest BCUT2D eigenvalue weighted by Gasteiger charge is 2.24. The van der Waals surface area contributed by atoms with E-state index in [4.69, 9.17) is 0 Å². The number of imidazole rings is 1. The maximum Gasteiger partial charge on any atom is 0.218 e. The lowest BCUT2D eigenvalue weighted by atomic mass is 9.94. The molecular weight excluding hydrogens is 318 g/mol. The summed E-state index contributed by atoms with van der Waals surface area (Å²) < 4.78 is 4.48. The second-order valence-corrected chi connectivity index (χ2v) is 7.12. The summed E-state index contributed by atoms with van der Waals surface area (Å²) >= 11 is 0. The SMILES string of the molecule is Cc1cc(C)c(-[n+]2c(C)ccc3ccccc32)c(C)c1-c1cncn1C. The topological polar surface area (TPSA) is 21.7 Å². The Labute approximate surface area is 154 Å². The van der Waals surface area contributed by atoms with E-state index in [1.54, 1.807) is 0 Å². The smallest absolute Gasteiger partial charge is 0.218 e. The minimum absolute atomic E-state index is 1.15. The number of para-hydroxylation sites is 1. The summed E-state index contributed by atoms with van der Waals surface area (Å²) in [5.74, 6) is 0. The van der Waals surface area contributed by atoms with Crippen LogP contribution in [0.5, 0.6) is 0 Å². The lowest BCUT2D eigenvalue weighted by Gasteiger charge is -2.16. The van der Waals surface area contributed by atoms with Gasteiger partial charge in [0.25, 0.3) is 0 Å². The molecule has 0 aliphatic rings. The van der Waals surface area contributed by atoms with Crippen LogP contribution in [0.15, 0.2) is 55.0 Å². The third kappa shape index (κ3) is 2.43. The van der Waals surface area contributed by atoms with E-state index >= 15 is 0 Å². The van der Waals surface area contributed by atoms with Crippen LogP contribution in [0.1, 0.15) is 22.4 Å². The van der Waals surface area contributed by atoms with Crippen LogP contribution in [-0.4, -0.2) is 9.55 Å². The summed E-state index contributed by atoms with van der Waals surface area (Å²) in [6.45, 7) is 8.80. The maximum atomic E-state index is 4.33. The molecule has 26 heavy (non-hydrogen) atoms. The van der Waals surface area contributed by atoms with Gasteiger partial charge in [0.2, 0.25) is 11.2 Å². The summed E-state index contributed by atoms with van der Waals surface area (Å²) in [5.41, 5.74) is 10.0. The zero-order valence-corrected chi connectivity index (χ0v) is 16.0. The van der Waals surface area contributed by atoms with Crippen molar-refractivity contribution in [1.82, 2.24) is 9.55 Å². The molecule has 0 aliphatic carbocycles. The molecule has 0 atom stereocenters. The Kier molecular flexibility index (Phi) is 3.87. The summed E-state index contributed by atoms with van der Waals surface area (Å²) in [6, 6.07) is 15.3. The zero-order chi connectivity index (χ0) is 18.4. The number of benzene rings is 2. The number of hydrogen-bond acceptors (Lipinski definition) is 1. The lowest BCUT2D eigenvalue weighted by Crippen LogP contribution is -2.37. The molecular formula is C23H24N3+. The molecule has 3 heteroatoms. The quantitative estimate of drug-likeness (QED) is 0.482. The molecule has 4 rings (SSSR count). The van der Waals surface area contributed by atoms with Gasteiger partial charge in [-0.15, -0.1) is 0 Å². The molecule has 0 aliphatic heterocycles. The van der Waals surface area contributed by atoms with Crippen LogP contribution in [0.4, 0.5) is 0 Å². The molecule has 2 heterocycles. The van der Waals surface area contributed by atoms with Gasteiger partial charge in [0.1, 0.15) is 0 Å². The van der Waals surface area contributed by atoms with Gasteiger partial charge in [0, 0.05) is 48.2 Å². The van der Waals surface area contributed by atoms with Crippen LogP contribution in [0.25, 0.3) is 27.8 Å². The second-order valence-electron chi connectivity index (χ2n) is 7.12. The molecule has 3 nitrogen and oxygen atoms in total. The number of rotatable bonds is 2. The molecule has 130 valence electrons. The first kappa shape index (κ1) is 16.5. The van der Waals surface area contributed by atoms with Gasteiger partial charge < -0.3 is 4.57 Å². The molecule has 0 spiro atoms. The van der Waals surface area contributed by atoms with Crippen molar-refractivity contribution in [3.8, 4) is 16.9 Å². The van der Waals surface area contributed by atoms with E-state index in [-0.39, 0.29) is 0 Å². The zero-order valence-electron chi connectivity index (χ0n) is 16.0. The maximum absolute atomic E-state index is 4.33. The first-order chi connectivity index (χ1) is 12.5. The minimum Gasteiger partial charge on any atom is -0.334 e. The average molecular weight is 342 g/mol. The van der Waals surface area contributed by atoms with Crippen molar-refractivity contribution in [3.63, 3.8) is 0 Å². The van der Waals surface area contributed by atoms with Crippen LogP contribution in [0, 0.1) is 27.7 Å². The minimum atomic E-state index is 1.15.